The number of phenolic OH excluding ortho intramolecular Hbond substituents is 2. The van der Waals surface area contributed by atoms with Gasteiger partial charge in [0.1, 0.15) is 17.5 Å². The van der Waals surface area contributed by atoms with Gasteiger partial charge in [0.25, 0.3) is 0 Å². The van der Waals surface area contributed by atoms with Gasteiger partial charge in [0, 0.05) is 12.8 Å². The summed E-state index contributed by atoms with van der Waals surface area (Å²) in [6.45, 7) is 1.78. The predicted octanol–water partition coefficient (Wildman–Crippen LogP) is 2.19. The molecule has 3 rings (SSSR count). The smallest absolute Gasteiger partial charge is 0.329 e. The molecular formula is C22H23NO6. The first-order valence-electron chi connectivity index (χ1n) is 9.48. The number of ether oxygens (including phenoxy) is 1. The molecule has 0 spiro atoms. The normalized spacial score (nSPS) is 17.4. The van der Waals surface area contributed by atoms with Crippen LogP contribution in [0.5, 0.6) is 11.5 Å². The highest BCUT2D eigenvalue weighted by Gasteiger charge is 2.45. The van der Waals surface area contributed by atoms with Crippen molar-refractivity contribution in [2.75, 3.05) is 6.61 Å². The second kappa shape index (κ2) is 8.77. The monoisotopic (exact) mass is 397 g/mol. The minimum atomic E-state index is -1.08. The number of carbonyl (C=O) groups excluding carboxylic acids is 3. The number of nitrogens with zero attached hydrogens (tertiary/aromatic N) is 1. The van der Waals surface area contributed by atoms with Gasteiger partial charge in [-0.15, -0.1) is 0 Å². The summed E-state index contributed by atoms with van der Waals surface area (Å²) in [6, 6.07) is 11.8. The minimum absolute atomic E-state index is 0.0291. The molecule has 2 aromatic carbocycles. The summed E-state index contributed by atoms with van der Waals surface area (Å²) < 4.78 is 5.11. The average molecular weight is 397 g/mol. The van der Waals surface area contributed by atoms with Gasteiger partial charge >= 0.3 is 5.97 Å². The van der Waals surface area contributed by atoms with E-state index in [1.54, 1.807) is 37.3 Å². The Balaban J connectivity index is 1.83. The molecule has 2 N–H and O–H groups in total. The molecule has 1 heterocycles. The van der Waals surface area contributed by atoms with Crippen LogP contribution in [0.4, 0.5) is 0 Å². The van der Waals surface area contributed by atoms with E-state index < -0.39 is 29.7 Å². The molecule has 0 bridgehead atoms. The maximum atomic E-state index is 13.0. The van der Waals surface area contributed by atoms with Gasteiger partial charge in [-0.3, -0.25) is 14.5 Å². The zero-order valence-electron chi connectivity index (χ0n) is 16.1. The summed E-state index contributed by atoms with van der Waals surface area (Å²) in [5.74, 6) is -2.03. The van der Waals surface area contributed by atoms with Crippen molar-refractivity contribution in [2.45, 2.75) is 32.2 Å². The average Bonchev–Trinajstić information content (AvgIpc) is 2.96. The molecule has 152 valence electrons. The van der Waals surface area contributed by atoms with Crippen molar-refractivity contribution < 1.29 is 29.3 Å². The molecule has 7 nitrogen and oxygen atoms in total. The van der Waals surface area contributed by atoms with Gasteiger partial charge in [-0.05, 0) is 42.7 Å². The summed E-state index contributed by atoms with van der Waals surface area (Å²) in [4.78, 5) is 39.2. The van der Waals surface area contributed by atoms with E-state index in [2.05, 4.69) is 0 Å². The Kier molecular flexibility index (Phi) is 6.16. The van der Waals surface area contributed by atoms with Crippen molar-refractivity contribution in [1.29, 1.82) is 0 Å². The number of para-hydroxylation sites is 1. The SMILES string of the molecule is CCOC(=O)C(Cc1ccc(O)cc1)N1C(=O)CC(Cc2ccccc2O)C1=O. The lowest BCUT2D eigenvalue weighted by Gasteiger charge is -2.25. The van der Waals surface area contributed by atoms with Crippen LogP contribution in [-0.2, 0) is 32.0 Å². The van der Waals surface area contributed by atoms with Crippen molar-refractivity contribution >= 4 is 17.8 Å². The van der Waals surface area contributed by atoms with E-state index in [-0.39, 0.29) is 37.4 Å². The van der Waals surface area contributed by atoms with Gasteiger partial charge in [0.2, 0.25) is 11.8 Å². The summed E-state index contributed by atoms with van der Waals surface area (Å²) in [5.41, 5.74) is 1.26. The number of rotatable bonds is 7. The van der Waals surface area contributed by atoms with E-state index in [9.17, 15) is 24.6 Å². The largest absolute Gasteiger partial charge is 0.508 e. The Morgan fingerprint density at radius 2 is 1.83 bits per heavy atom. The molecule has 1 saturated heterocycles. The van der Waals surface area contributed by atoms with Crippen molar-refractivity contribution in [3.8, 4) is 11.5 Å². The van der Waals surface area contributed by atoms with E-state index in [4.69, 9.17) is 4.74 Å². The van der Waals surface area contributed by atoms with Gasteiger partial charge < -0.3 is 14.9 Å². The lowest BCUT2D eigenvalue weighted by atomic mass is 9.97. The summed E-state index contributed by atoms with van der Waals surface area (Å²) in [6.07, 6.45) is 0.279. The highest BCUT2D eigenvalue weighted by atomic mass is 16.5. The van der Waals surface area contributed by atoms with E-state index >= 15 is 0 Å². The Morgan fingerprint density at radius 3 is 2.48 bits per heavy atom. The van der Waals surface area contributed by atoms with E-state index in [0.717, 1.165) is 4.90 Å². The molecule has 2 atom stereocenters. The zero-order valence-corrected chi connectivity index (χ0v) is 16.1. The molecule has 29 heavy (non-hydrogen) atoms. The number of imide groups is 1. The Hall–Kier alpha value is -3.35. The summed E-state index contributed by atoms with van der Waals surface area (Å²) in [5, 5.41) is 19.4. The minimum Gasteiger partial charge on any atom is -0.508 e. The Labute approximate surface area is 168 Å². The van der Waals surface area contributed by atoms with E-state index in [1.807, 2.05) is 0 Å². The van der Waals surface area contributed by atoms with Crippen LogP contribution in [0.15, 0.2) is 48.5 Å². The second-order valence-electron chi connectivity index (χ2n) is 6.97. The van der Waals surface area contributed by atoms with Crippen LogP contribution in [0.25, 0.3) is 0 Å². The molecular weight excluding hydrogens is 374 g/mol. The summed E-state index contributed by atoms with van der Waals surface area (Å²) in [7, 11) is 0. The maximum absolute atomic E-state index is 13.0. The first-order chi connectivity index (χ1) is 13.9. The second-order valence-corrected chi connectivity index (χ2v) is 6.97. The standard InChI is InChI=1S/C22H23NO6/c1-2-29-22(28)18(11-14-7-9-17(24)10-8-14)23-20(26)13-16(21(23)27)12-15-5-3-4-6-19(15)25/h3-10,16,18,24-25H,2,11-13H2,1H3. The molecule has 0 saturated carbocycles. The quantitative estimate of drug-likeness (QED) is 0.548. The molecule has 1 fully saturated rings. The van der Waals surface area contributed by atoms with Gasteiger partial charge in [-0.2, -0.15) is 0 Å². The van der Waals surface area contributed by atoms with Crippen molar-refractivity contribution in [2.24, 2.45) is 5.92 Å². The predicted molar refractivity (Wildman–Crippen MR) is 104 cm³/mol. The molecule has 7 heteroatoms. The number of amides is 2. The molecule has 2 aromatic rings. The first kappa shape index (κ1) is 20.4. The number of benzene rings is 2. The molecule has 0 aliphatic carbocycles. The van der Waals surface area contributed by atoms with Crippen molar-refractivity contribution in [3.05, 3.63) is 59.7 Å². The number of aromatic hydroxyl groups is 2. The van der Waals surface area contributed by atoms with Gasteiger partial charge in [-0.25, -0.2) is 4.79 Å². The van der Waals surface area contributed by atoms with Crippen molar-refractivity contribution in [3.63, 3.8) is 0 Å². The number of esters is 1. The fourth-order valence-corrected chi connectivity index (χ4v) is 3.53. The van der Waals surface area contributed by atoms with Crippen molar-refractivity contribution in [1.82, 2.24) is 4.90 Å². The van der Waals surface area contributed by atoms with E-state index in [0.29, 0.717) is 11.1 Å². The highest BCUT2D eigenvalue weighted by molar-refractivity contribution is 6.06. The molecule has 0 aromatic heterocycles. The van der Waals surface area contributed by atoms with Crippen LogP contribution in [0.1, 0.15) is 24.5 Å². The number of hydrogen-bond acceptors (Lipinski definition) is 6. The third-order valence-electron chi connectivity index (χ3n) is 4.97. The van der Waals surface area contributed by atoms with Gasteiger partial charge in [0.15, 0.2) is 0 Å². The van der Waals surface area contributed by atoms with Gasteiger partial charge in [-0.1, -0.05) is 30.3 Å². The van der Waals surface area contributed by atoms with Crippen LogP contribution >= 0.6 is 0 Å². The maximum Gasteiger partial charge on any atom is 0.329 e. The lowest BCUT2D eigenvalue weighted by molar-refractivity contribution is -0.158. The van der Waals surface area contributed by atoms with E-state index in [1.165, 1.54) is 18.2 Å². The Bertz CT molecular complexity index is 908. The molecule has 2 unspecified atom stereocenters. The first-order valence-corrected chi connectivity index (χ1v) is 9.48. The highest BCUT2D eigenvalue weighted by Crippen LogP contribution is 2.30. The molecule has 1 aliphatic heterocycles. The zero-order chi connectivity index (χ0) is 21.0. The number of likely N-dealkylation sites (tertiary alicyclic amines) is 1. The van der Waals surface area contributed by atoms with Crippen LogP contribution in [-0.4, -0.2) is 45.5 Å². The molecule has 0 radical (unpaired) electrons. The van der Waals surface area contributed by atoms with Crippen LogP contribution in [0.2, 0.25) is 0 Å². The Morgan fingerprint density at radius 1 is 1.14 bits per heavy atom. The third kappa shape index (κ3) is 4.56. The van der Waals surface area contributed by atoms with Crippen LogP contribution in [0, 0.1) is 5.92 Å². The molecule has 2 amide bonds. The van der Waals surface area contributed by atoms with Crippen LogP contribution in [0.3, 0.4) is 0 Å². The summed E-state index contributed by atoms with van der Waals surface area (Å²) >= 11 is 0. The number of phenols is 2. The molecule has 1 aliphatic rings. The fraction of sp³-hybridized carbons (Fsp3) is 0.318. The van der Waals surface area contributed by atoms with Crippen LogP contribution < -0.4 is 0 Å². The topological polar surface area (TPSA) is 104 Å². The number of carbonyl (C=O) groups is 3. The number of hydrogen-bond donors (Lipinski definition) is 2. The third-order valence-corrected chi connectivity index (χ3v) is 4.97. The fourth-order valence-electron chi connectivity index (χ4n) is 3.53. The lowest BCUT2D eigenvalue weighted by Crippen LogP contribution is -2.47. The van der Waals surface area contributed by atoms with Gasteiger partial charge in [0.05, 0.1) is 12.5 Å².